The Morgan fingerprint density at radius 2 is 1.91 bits per heavy atom. The van der Waals surface area contributed by atoms with Crippen LogP contribution in [0.15, 0.2) is 47.6 Å². The third-order valence-electron chi connectivity index (χ3n) is 2.64. The van der Waals surface area contributed by atoms with Gasteiger partial charge in [-0.25, -0.2) is 9.78 Å². The maximum absolute atomic E-state index is 10.9. The quantitative estimate of drug-likeness (QED) is 0.658. The molecule has 0 atom stereocenters. The number of nitrogens with zero attached hydrogens (tertiary/aromatic N) is 4. The van der Waals surface area contributed by atoms with E-state index in [1.54, 1.807) is 48.5 Å². The molecule has 22 heavy (non-hydrogen) atoms. The van der Waals surface area contributed by atoms with Crippen molar-refractivity contribution >= 4 is 17.4 Å². The highest BCUT2D eigenvalue weighted by molar-refractivity contribution is 6.10. The Balaban J connectivity index is 2.31. The Morgan fingerprint density at radius 1 is 1.18 bits per heavy atom. The zero-order valence-electron chi connectivity index (χ0n) is 11.2. The van der Waals surface area contributed by atoms with Crippen LogP contribution in [0.2, 0.25) is 0 Å². The van der Waals surface area contributed by atoms with Crippen LogP contribution in [0.1, 0.15) is 10.5 Å². The van der Waals surface area contributed by atoms with Gasteiger partial charge in [-0.3, -0.25) is 5.43 Å². The number of carbonyl (C=O) groups is 1. The van der Waals surface area contributed by atoms with Crippen molar-refractivity contribution in [3.8, 4) is 23.4 Å². The molecule has 2 N–H and O–H groups in total. The number of pyridine rings is 1. The third-order valence-corrected chi connectivity index (χ3v) is 2.64. The molecule has 0 bridgehead atoms. The van der Waals surface area contributed by atoms with Crippen LogP contribution < -0.4 is 5.43 Å². The number of nitriles is 2. The van der Waals surface area contributed by atoms with Gasteiger partial charge in [0.15, 0.2) is 0 Å². The second-order valence-corrected chi connectivity index (χ2v) is 4.09. The van der Waals surface area contributed by atoms with E-state index in [-0.39, 0.29) is 11.4 Å². The first kappa shape index (κ1) is 14.7. The van der Waals surface area contributed by atoms with E-state index in [2.05, 4.69) is 15.5 Å². The summed E-state index contributed by atoms with van der Waals surface area (Å²) in [5, 5.41) is 29.8. The number of anilines is 1. The van der Waals surface area contributed by atoms with Crippen LogP contribution in [0.5, 0.6) is 0 Å². The molecule has 0 saturated carbocycles. The van der Waals surface area contributed by atoms with Crippen molar-refractivity contribution in [2.75, 3.05) is 5.43 Å². The molecule has 1 aromatic carbocycles. The van der Waals surface area contributed by atoms with Gasteiger partial charge in [-0.15, -0.1) is 0 Å². The van der Waals surface area contributed by atoms with Crippen molar-refractivity contribution in [1.29, 1.82) is 10.5 Å². The molecule has 2 aromatic rings. The van der Waals surface area contributed by atoms with Crippen molar-refractivity contribution < 1.29 is 9.90 Å². The molecular weight excluding hydrogens is 282 g/mol. The lowest BCUT2D eigenvalue weighted by Crippen LogP contribution is -2.00. The van der Waals surface area contributed by atoms with E-state index >= 15 is 0 Å². The highest BCUT2D eigenvalue weighted by Crippen LogP contribution is 2.21. The first-order valence-corrected chi connectivity index (χ1v) is 6.08. The molecule has 106 valence electrons. The summed E-state index contributed by atoms with van der Waals surface area (Å²) >= 11 is 0. The molecule has 0 amide bonds. The fraction of sp³-hybridized carbons (Fsp3) is 0. The van der Waals surface area contributed by atoms with Crippen molar-refractivity contribution in [2.45, 2.75) is 0 Å². The SMILES string of the molecule is N#CC(C#N)=NNc1cccc(-c2cccc(C(=O)O)n2)c1. The Labute approximate surface area is 125 Å². The van der Waals surface area contributed by atoms with Crippen molar-refractivity contribution in [2.24, 2.45) is 5.10 Å². The minimum Gasteiger partial charge on any atom is -0.477 e. The highest BCUT2D eigenvalue weighted by Gasteiger charge is 2.07. The fourth-order valence-corrected chi connectivity index (χ4v) is 1.66. The highest BCUT2D eigenvalue weighted by atomic mass is 16.4. The summed E-state index contributed by atoms with van der Waals surface area (Å²) in [4.78, 5) is 15.0. The van der Waals surface area contributed by atoms with Crippen LogP contribution in [0.25, 0.3) is 11.3 Å². The molecule has 0 aliphatic carbocycles. The van der Waals surface area contributed by atoms with Gasteiger partial charge in [-0.05, 0) is 24.3 Å². The number of aromatic carboxylic acids is 1. The molecule has 0 aliphatic heterocycles. The molecule has 2 rings (SSSR count). The summed E-state index contributed by atoms with van der Waals surface area (Å²) in [6.07, 6.45) is 0. The summed E-state index contributed by atoms with van der Waals surface area (Å²) in [6.45, 7) is 0. The van der Waals surface area contributed by atoms with E-state index in [4.69, 9.17) is 15.6 Å². The number of hydrogen-bond donors (Lipinski definition) is 2. The van der Waals surface area contributed by atoms with Gasteiger partial charge in [0.1, 0.15) is 17.8 Å². The summed E-state index contributed by atoms with van der Waals surface area (Å²) in [5.74, 6) is -1.10. The van der Waals surface area contributed by atoms with Crippen LogP contribution >= 0.6 is 0 Å². The fourth-order valence-electron chi connectivity index (χ4n) is 1.66. The second-order valence-electron chi connectivity index (χ2n) is 4.09. The standard InChI is InChI=1S/C15H9N5O2/c16-8-12(9-17)20-19-11-4-1-3-10(7-11)13-5-2-6-14(18-13)15(21)22/h1-7,19H,(H,21,22). The predicted octanol–water partition coefficient (Wildman–Crippen LogP) is 2.26. The zero-order chi connectivity index (χ0) is 15.9. The molecule has 7 nitrogen and oxygen atoms in total. The largest absolute Gasteiger partial charge is 0.477 e. The number of rotatable bonds is 4. The smallest absolute Gasteiger partial charge is 0.354 e. The molecule has 0 fully saturated rings. The number of nitrogens with one attached hydrogen (secondary N) is 1. The predicted molar refractivity (Wildman–Crippen MR) is 78.9 cm³/mol. The maximum atomic E-state index is 10.9. The van der Waals surface area contributed by atoms with Gasteiger partial charge in [-0.1, -0.05) is 18.2 Å². The second kappa shape index (κ2) is 6.64. The Hall–Kier alpha value is -3.71. The Morgan fingerprint density at radius 3 is 2.59 bits per heavy atom. The average Bonchev–Trinajstić information content (AvgIpc) is 2.56. The first-order valence-electron chi connectivity index (χ1n) is 6.08. The van der Waals surface area contributed by atoms with Gasteiger partial charge in [0.25, 0.3) is 0 Å². The van der Waals surface area contributed by atoms with E-state index in [1.165, 1.54) is 6.07 Å². The number of benzene rings is 1. The number of aromatic nitrogens is 1. The molecule has 0 radical (unpaired) electrons. The van der Waals surface area contributed by atoms with Gasteiger partial charge < -0.3 is 5.11 Å². The Bertz CT molecular complexity index is 814. The lowest BCUT2D eigenvalue weighted by atomic mass is 10.1. The van der Waals surface area contributed by atoms with Crippen LogP contribution in [0.4, 0.5) is 5.69 Å². The molecule has 7 heteroatoms. The van der Waals surface area contributed by atoms with Crippen LogP contribution in [0.3, 0.4) is 0 Å². The van der Waals surface area contributed by atoms with Crippen LogP contribution in [0, 0.1) is 22.7 Å². The van der Waals surface area contributed by atoms with Crippen molar-refractivity contribution in [3.05, 3.63) is 48.2 Å². The van der Waals surface area contributed by atoms with E-state index in [0.29, 0.717) is 16.9 Å². The van der Waals surface area contributed by atoms with E-state index in [0.717, 1.165) is 0 Å². The number of hydrazone groups is 1. The molecular formula is C15H9N5O2. The Kier molecular flexibility index (Phi) is 4.43. The third kappa shape index (κ3) is 3.44. The topological polar surface area (TPSA) is 122 Å². The molecule has 0 saturated heterocycles. The minimum atomic E-state index is -1.10. The summed E-state index contributed by atoms with van der Waals surface area (Å²) in [6, 6.07) is 14.8. The number of carboxylic acid groups (broad SMARTS) is 1. The maximum Gasteiger partial charge on any atom is 0.354 e. The zero-order valence-corrected chi connectivity index (χ0v) is 11.2. The van der Waals surface area contributed by atoms with Crippen molar-refractivity contribution in [3.63, 3.8) is 0 Å². The number of hydrogen-bond acceptors (Lipinski definition) is 6. The lowest BCUT2D eigenvalue weighted by molar-refractivity contribution is 0.0690. The average molecular weight is 291 g/mol. The van der Waals surface area contributed by atoms with Gasteiger partial charge in [0.2, 0.25) is 5.71 Å². The molecule has 0 spiro atoms. The van der Waals surface area contributed by atoms with E-state index in [1.807, 2.05) is 0 Å². The summed E-state index contributed by atoms with van der Waals surface area (Å²) in [5.41, 5.74) is 3.96. The molecule has 1 aromatic heterocycles. The number of carboxylic acids is 1. The summed E-state index contributed by atoms with van der Waals surface area (Å²) in [7, 11) is 0. The lowest BCUT2D eigenvalue weighted by Gasteiger charge is -2.05. The van der Waals surface area contributed by atoms with Crippen LogP contribution in [-0.4, -0.2) is 21.8 Å². The summed E-state index contributed by atoms with van der Waals surface area (Å²) < 4.78 is 0. The molecule has 1 heterocycles. The van der Waals surface area contributed by atoms with Gasteiger partial charge >= 0.3 is 5.97 Å². The monoisotopic (exact) mass is 291 g/mol. The first-order chi connectivity index (χ1) is 10.6. The van der Waals surface area contributed by atoms with Crippen molar-refractivity contribution in [1.82, 2.24) is 4.98 Å². The van der Waals surface area contributed by atoms with E-state index in [9.17, 15) is 4.79 Å². The van der Waals surface area contributed by atoms with Gasteiger partial charge in [0, 0.05) is 5.56 Å². The van der Waals surface area contributed by atoms with Gasteiger partial charge in [0.05, 0.1) is 11.4 Å². The van der Waals surface area contributed by atoms with Crippen LogP contribution in [-0.2, 0) is 0 Å². The molecule has 0 unspecified atom stereocenters. The minimum absolute atomic E-state index is 0.0508. The normalized spacial score (nSPS) is 9.18. The molecule has 0 aliphatic rings. The van der Waals surface area contributed by atoms with Gasteiger partial charge in [-0.2, -0.15) is 15.6 Å². The van der Waals surface area contributed by atoms with E-state index < -0.39 is 5.97 Å².